The van der Waals surface area contributed by atoms with Gasteiger partial charge in [-0.05, 0) is 0 Å². The Kier molecular flexibility index (Phi) is 2.14. The number of carbonyl (C=O) groups is 1. The number of amides is 2. The molecular weight excluding hydrogens is 156 g/mol. The van der Waals surface area contributed by atoms with Crippen LogP contribution in [0.3, 0.4) is 0 Å². The van der Waals surface area contributed by atoms with Crippen molar-refractivity contribution in [2.24, 2.45) is 0 Å². The maximum absolute atomic E-state index is 11.2. The minimum atomic E-state index is 0.0520. The van der Waals surface area contributed by atoms with Crippen LogP contribution in [0.2, 0.25) is 0 Å². The summed E-state index contributed by atoms with van der Waals surface area (Å²) in [4.78, 5) is 13.1. The third-order valence-corrected chi connectivity index (χ3v) is 2.29. The molecule has 68 valence electrons. The summed E-state index contributed by atoms with van der Waals surface area (Å²) < 4.78 is 0. The molecule has 5 heteroatoms. The molecule has 2 aliphatic heterocycles. The zero-order chi connectivity index (χ0) is 8.39. The summed E-state index contributed by atoms with van der Waals surface area (Å²) in [5, 5.41) is 9.33. The van der Waals surface area contributed by atoms with E-state index in [9.17, 15) is 4.79 Å². The Bertz CT molecular complexity index is 178. The molecular formula is C7H14N4O. The monoisotopic (exact) mass is 170 g/mol. The highest BCUT2D eigenvalue weighted by atomic mass is 16.2. The second-order valence-electron chi connectivity index (χ2n) is 3.10. The highest BCUT2D eigenvalue weighted by Gasteiger charge is 2.27. The highest BCUT2D eigenvalue weighted by molar-refractivity contribution is 5.76. The Morgan fingerprint density at radius 2 is 2.25 bits per heavy atom. The van der Waals surface area contributed by atoms with Crippen LogP contribution >= 0.6 is 0 Å². The van der Waals surface area contributed by atoms with Crippen LogP contribution in [0.1, 0.15) is 0 Å². The molecule has 0 aromatic rings. The van der Waals surface area contributed by atoms with Crippen LogP contribution in [0.5, 0.6) is 0 Å². The third kappa shape index (κ3) is 1.37. The van der Waals surface area contributed by atoms with E-state index in [0.717, 1.165) is 32.7 Å². The van der Waals surface area contributed by atoms with Gasteiger partial charge in [-0.15, -0.1) is 0 Å². The van der Waals surface area contributed by atoms with Crippen molar-refractivity contribution in [1.82, 2.24) is 20.9 Å². The van der Waals surface area contributed by atoms with Crippen LogP contribution < -0.4 is 16.0 Å². The van der Waals surface area contributed by atoms with Gasteiger partial charge in [0, 0.05) is 32.7 Å². The van der Waals surface area contributed by atoms with Crippen molar-refractivity contribution >= 4 is 6.03 Å². The van der Waals surface area contributed by atoms with Crippen molar-refractivity contribution in [2.45, 2.75) is 6.17 Å². The summed E-state index contributed by atoms with van der Waals surface area (Å²) in [7, 11) is 0. The van der Waals surface area contributed by atoms with Gasteiger partial charge in [-0.2, -0.15) is 0 Å². The van der Waals surface area contributed by atoms with Crippen LogP contribution in [0.15, 0.2) is 0 Å². The number of rotatable bonds is 1. The van der Waals surface area contributed by atoms with Crippen LogP contribution in [-0.4, -0.2) is 49.8 Å². The maximum atomic E-state index is 11.2. The summed E-state index contributed by atoms with van der Waals surface area (Å²) in [5.74, 6) is 0. The van der Waals surface area contributed by atoms with Crippen LogP contribution in [0.25, 0.3) is 0 Å². The minimum absolute atomic E-state index is 0.0520. The molecule has 12 heavy (non-hydrogen) atoms. The number of carbonyl (C=O) groups excluding carboxylic acids is 1. The second kappa shape index (κ2) is 3.28. The summed E-state index contributed by atoms with van der Waals surface area (Å²) in [6, 6.07) is 0.0520. The van der Waals surface area contributed by atoms with Crippen molar-refractivity contribution in [1.29, 1.82) is 0 Å². The lowest BCUT2D eigenvalue weighted by Gasteiger charge is -2.31. The molecule has 2 amide bonds. The molecule has 0 aromatic heterocycles. The summed E-state index contributed by atoms with van der Waals surface area (Å²) >= 11 is 0. The first-order valence-electron chi connectivity index (χ1n) is 4.36. The highest BCUT2D eigenvalue weighted by Crippen LogP contribution is 2.02. The van der Waals surface area contributed by atoms with Gasteiger partial charge in [0.2, 0.25) is 0 Å². The van der Waals surface area contributed by atoms with Crippen molar-refractivity contribution in [2.75, 3.05) is 32.7 Å². The summed E-state index contributed by atoms with van der Waals surface area (Å²) in [5.41, 5.74) is 0. The van der Waals surface area contributed by atoms with E-state index in [0.29, 0.717) is 0 Å². The fourth-order valence-corrected chi connectivity index (χ4v) is 1.64. The lowest BCUT2D eigenvalue weighted by atomic mass is 10.3. The van der Waals surface area contributed by atoms with Gasteiger partial charge in [-0.1, -0.05) is 0 Å². The van der Waals surface area contributed by atoms with Gasteiger partial charge in [0.25, 0.3) is 0 Å². The molecule has 0 radical (unpaired) electrons. The molecule has 0 aromatic carbocycles. The molecule has 2 heterocycles. The predicted molar refractivity (Wildman–Crippen MR) is 44.8 cm³/mol. The van der Waals surface area contributed by atoms with Gasteiger partial charge in [-0.25, -0.2) is 4.79 Å². The molecule has 1 atom stereocenters. The Morgan fingerprint density at radius 3 is 2.83 bits per heavy atom. The predicted octanol–water partition coefficient (Wildman–Crippen LogP) is -1.47. The van der Waals surface area contributed by atoms with Crippen LogP contribution in [0, 0.1) is 0 Å². The number of hydrogen-bond donors (Lipinski definition) is 3. The van der Waals surface area contributed by atoms with E-state index < -0.39 is 0 Å². The largest absolute Gasteiger partial charge is 0.336 e. The molecule has 2 saturated heterocycles. The molecule has 2 aliphatic rings. The average molecular weight is 170 g/mol. The molecule has 2 fully saturated rings. The SMILES string of the molecule is O=C1NCCN1C1CNCCN1. The first-order valence-corrected chi connectivity index (χ1v) is 4.36. The zero-order valence-corrected chi connectivity index (χ0v) is 6.97. The topological polar surface area (TPSA) is 56.4 Å². The van der Waals surface area contributed by atoms with Crippen molar-refractivity contribution in [3.63, 3.8) is 0 Å². The molecule has 0 spiro atoms. The maximum Gasteiger partial charge on any atom is 0.318 e. The van der Waals surface area contributed by atoms with E-state index in [1.807, 2.05) is 4.90 Å². The Labute approximate surface area is 71.5 Å². The molecule has 2 rings (SSSR count). The van der Waals surface area contributed by atoms with E-state index in [2.05, 4.69) is 16.0 Å². The Hall–Kier alpha value is -0.810. The first-order chi connectivity index (χ1) is 5.88. The van der Waals surface area contributed by atoms with Gasteiger partial charge >= 0.3 is 6.03 Å². The molecule has 3 N–H and O–H groups in total. The fraction of sp³-hybridized carbons (Fsp3) is 0.857. The Morgan fingerprint density at radius 1 is 1.33 bits per heavy atom. The van der Waals surface area contributed by atoms with Gasteiger partial charge in [0.15, 0.2) is 0 Å². The lowest BCUT2D eigenvalue weighted by Crippen LogP contribution is -2.57. The van der Waals surface area contributed by atoms with Crippen molar-refractivity contribution < 1.29 is 4.79 Å². The van der Waals surface area contributed by atoms with Gasteiger partial charge < -0.3 is 15.5 Å². The molecule has 0 saturated carbocycles. The molecule has 1 unspecified atom stereocenters. The average Bonchev–Trinajstić information content (AvgIpc) is 2.53. The van der Waals surface area contributed by atoms with E-state index in [1.165, 1.54) is 0 Å². The number of piperazine rings is 1. The fourth-order valence-electron chi connectivity index (χ4n) is 1.64. The van der Waals surface area contributed by atoms with Gasteiger partial charge in [0.05, 0.1) is 6.17 Å². The number of hydrogen-bond acceptors (Lipinski definition) is 3. The molecule has 5 nitrogen and oxygen atoms in total. The Balaban J connectivity index is 1.93. The van der Waals surface area contributed by atoms with Crippen molar-refractivity contribution in [3.8, 4) is 0 Å². The van der Waals surface area contributed by atoms with E-state index >= 15 is 0 Å². The quantitative estimate of drug-likeness (QED) is 0.450. The van der Waals surface area contributed by atoms with Gasteiger partial charge in [-0.3, -0.25) is 5.32 Å². The van der Waals surface area contributed by atoms with E-state index in [1.54, 1.807) is 0 Å². The summed E-state index contributed by atoms with van der Waals surface area (Å²) in [6.07, 6.45) is 0.182. The number of nitrogens with one attached hydrogen (secondary N) is 3. The second-order valence-corrected chi connectivity index (χ2v) is 3.10. The normalized spacial score (nSPS) is 30.5. The zero-order valence-electron chi connectivity index (χ0n) is 6.97. The van der Waals surface area contributed by atoms with Crippen LogP contribution in [-0.2, 0) is 0 Å². The van der Waals surface area contributed by atoms with E-state index in [-0.39, 0.29) is 12.2 Å². The smallest absolute Gasteiger partial charge is 0.318 e. The van der Waals surface area contributed by atoms with E-state index in [4.69, 9.17) is 0 Å². The third-order valence-electron chi connectivity index (χ3n) is 2.29. The molecule has 0 aliphatic carbocycles. The van der Waals surface area contributed by atoms with Gasteiger partial charge in [0.1, 0.15) is 0 Å². The standard InChI is InChI=1S/C7H14N4O/c12-7-10-3-4-11(7)6-5-8-1-2-9-6/h6,8-9H,1-5H2,(H,10,12). The number of urea groups is 1. The lowest BCUT2D eigenvalue weighted by molar-refractivity contribution is 0.174. The molecule has 0 bridgehead atoms. The number of nitrogens with zero attached hydrogens (tertiary/aromatic N) is 1. The van der Waals surface area contributed by atoms with Crippen LogP contribution in [0.4, 0.5) is 4.79 Å². The van der Waals surface area contributed by atoms with Crippen molar-refractivity contribution in [3.05, 3.63) is 0 Å². The first kappa shape index (κ1) is 7.82. The summed E-state index contributed by atoms with van der Waals surface area (Å²) in [6.45, 7) is 4.38. The minimum Gasteiger partial charge on any atom is -0.336 e.